The third kappa shape index (κ3) is 4.72. The van der Waals surface area contributed by atoms with Crippen molar-refractivity contribution < 1.29 is 13.2 Å². The van der Waals surface area contributed by atoms with Gasteiger partial charge in [-0.1, -0.05) is 53.3 Å². The quantitative estimate of drug-likeness (QED) is 0.518. The second-order valence-electron chi connectivity index (χ2n) is 7.91. The fraction of sp³-hybridized carbons (Fsp3) is 0.261. The Hall–Kier alpha value is -2.59. The van der Waals surface area contributed by atoms with E-state index in [0.29, 0.717) is 33.5 Å². The molecule has 1 amide bonds. The van der Waals surface area contributed by atoms with E-state index in [0.717, 1.165) is 21.7 Å². The zero-order chi connectivity index (χ0) is 23.8. The summed E-state index contributed by atoms with van der Waals surface area (Å²) in [5, 5.41) is 10.4. The SMILES string of the molecule is Cc1ccccc1S(=O)(=O)N1CC=C(c2nnc(-c3ccc(C(=O)N(C)C)c(Cl)c3)s2)CC1. The number of halogens is 1. The number of sulfonamides is 1. The van der Waals surface area contributed by atoms with Crippen LogP contribution < -0.4 is 0 Å². The number of rotatable bonds is 5. The number of carbonyl (C=O) groups is 1. The first-order valence-corrected chi connectivity index (χ1v) is 12.9. The number of aromatic nitrogens is 2. The average Bonchev–Trinajstić information content (AvgIpc) is 3.29. The topological polar surface area (TPSA) is 83.5 Å². The van der Waals surface area contributed by atoms with Crippen molar-refractivity contribution in [3.63, 3.8) is 0 Å². The first-order chi connectivity index (χ1) is 15.7. The molecule has 0 spiro atoms. The highest BCUT2D eigenvalue weighted by Crippen LogP contribution is 2.33. The van der Waals surface area contributed by atoms with E-state index in [1.165, 1.54) is 20.5 Å². The van der Waals surface area contributed by atoms with Crippen molar-refractivity contribution in [1.82, 2.24) is 19.4 Å². The predicted molar refractivity (Wildman–Crippen MR) is 131 cm³/mol. The Bertz CT molecular complexity index is 1350. The van der Waals surface area contributed by atoms with Crippen molar-refractivity contribution in [3.05, 3.63) is 69.7 Å². The van der Waals surface area contributed by atoms with Crippen molar-refractivity contribution in [3.8, 4) is 10.6 Å². The Kier molecular flexibility index (Phi) is 6.67. The van der Waals surface area contributed by atoms with E-state index < -0.39 is 10.0 Å². The normalized spacial score (nSPS) is 14.7. The van der Waals surface area contributed by atoms with Crippen LogP contribution in [0.25, 0.3) is 16.1 Å². The van der Waals surface area contributed by atoms with Gasteiger partial charge in [-0.2, -0.15) is 4.31 Å². The van der Waals surface area contributed by atoms with Gasteiger partial charge in [0.2, 0.25) is 10.0 Å². The molecule has 10 heteroatoms. The van der Waals surface area contributed by atoms with E-state index in [9.17, 15) is 13.2 Å². The summed E-state index contributed by atoms with van der Waals surface area (Å²) in [5.74, 6) is -0.165. The molecule has 0 atom stereocenters. The van der Waals surface area contributed by atoms with Gasteiger partial charge >= 0.3 is 0 Å². The Labute approximate surface area is 202 Å². The van der Waals surface area contributed by atoms with Gasteiger partial charge in [0.05, 0.1) is 15.5 Å². The van der Waals surface area contributed by atoms with Gasteiger partial charge in [-0.05, 0) is 42.7 Å². The second-order valence-corrected chi connectivity index (χ2v) is 11.2. The van der Waals surface area contributed by atoms with Crippen molar-refractivity contribution >= 4 is 44.4 Å². The fourth-order valence-electron chi connectivity index (χ4n) is 3.58. The molecule has 2 aromatic carbocycles. The zero-order valence-electron chi connectivity index (χ0n) is 18.4. The van der Waals surface area contributed by atoms with E-state index in [4.69, 9.17) is 11.6 Å². The third-order valence-electron chi connectivity index (χ3n) is 5.44. The molecule has 0 aliphatic carbocycles. The van der Waals surface area contributed by atoms with Crippen LogP contribution in [0.5, 0.6) is 0 Å². The lowest BCUT2D eigenvalue weighted by Crippen LogP contribution is -2.35. The highest BCUT2D eigenvalue weighted by Gasteiger charge is 2.28. The third-order valence-corrected chi connectivity index (χ3v) is 8.82. The summed E-state index contributed by atoms with van der Waals surface area (Å²) in [5.41, 5.74) is 2.91. The molecule has 0 bridgehead atoms. The van der Waals surface area contributed by atoms with E-state index >= 15 is 0 Å². The van der Waals surface area contributed by atoms with Gasteiger partial charge in [0.1, 0.15) is 10.0 Å². The smallest absolute Gasteiger partial charge is 0.254 e. The minimum atomic E-state index is -3.55. The van der Waals surface area contributed by atoms with Crippen LogP contribution in [0.2, 0.25) is 5.02 Å². The molecule has 0 N–H and O–H groups in total. The van der Waals surface area contributed by atoms with Gasteiger partial charge < -0.3 is 4.90 Å². The highest BCUT2D eigenvalue weighted by molar-refractivity contribution is 7.89. The summed E-state index contributed by atoms with van der Waals surface area (Å²) in [7, 11) is -0.197. The molecule has 4 rings (SSSR count). The number of amides is 1. The number of hydrogen-bond acceptors (Lipinski definition) is 6. The Morgan fingerprint density at radius 3 is 2.48 bits per heavy atom. The van der Waals surface area contributed by atoms with Crippen LogP contribution in [0.15, 0.2) is 53.4 Å². The molecule has 0 saturated carbocycles. The summed E-state index contributed by atoms with van der Waals surface area (Å²) in [6, 6.07) is 12.2. The first-order valence-electron chi connectivity index (χ1n) is 10.3. The van der Waals surface area contributed by atoms with Crippen LogP contribution >= 0.6 is 22.9 Å². The van der Waals surface area contributed by atoms with Crippen LogP contribution in [0.1, 0.15) is 27.3 Å². The zero-order valence-corrected chi connectivity index (χ0v) is 20.8. The largest absolute Gasteiger partial charge is 0.345 e. The van der Waals surface area contributed by atoms with E-state index in [1.54, 1.807) is 57.4 Å². The molecule has 0 saturated heterocycles. The van der Waals surface area contributed by atoms with Crippen LogP contribution in [0.4, 0.5) is 0 Å². The van der Waals surface area contributed by atoms with Gasteiger partial charge in [-0.3, -0.25) is 4.79 Å². The minimum Gasteiger partial charge on any atom is -0.345 e. The van der Waals surface area contributed by atoms with Crippen LogP contribution in [-0.4, -0.2) is 60.9 Å². The van der Waals surface area contributed by atoms with Crippen molar-refractivity contribution in [2.45, 2.75) is 18.2 Å². The monoisotopic (exact) mass is 502 g/mol. The molecule has 0 unspecified atom stereocenters. The van der Waals surface area contributed by atoms with Crippen molar-refractivity contribution in [2.75, 3.05) is 27.2 Å². The summed E-state index contributed by atoms with van der Waals surface area (Å²) < 4.78 is 27.5. The molecule has 1 aliphatic rings. The fourth-order valence-corrected chi connectivity index (χ4v) is 6.36. The molecule has 1 aromatic heterocycles. The molecule has 33 heavy (non-hydrogen) atoms. The maximum absolute atomic E-state index is 13.0. The van der Waals surface area contributed by atoms with Gasteiger partial charge in [0.15, 0.2) is 0 Å². The lowest BCUT2D eigenvalue weighted by molar-refractivity contribution is 0.0828. The first kappa shape index (κ1) is 23.6. The molecule has 7 nitrogen and oxygen atoms in total. The number of carbonyl (C=O) groups excluding carboxylic acids is 1. The molecular formula is C23H23ClN4O3S2. The summed E-state index contributed by atoms with van der Waals surface area (Å²) in [4.78, 5) is 14.0. The van der Waals surface area contributed by atoms with Gasteiger partial charge in [0, 0.05) is 32.7 Å². The molecule has 1 aliphatic heterocycles. The minimum absolute atomic E-state index is 0.165. The Balaban J connectivity index is 1.52. The molecule has 2 heterocycles. The van der Waals surface area contributed by atoms with Crippen LogP contribution in [0, 0.1) is 6.92 Å². The maximum atomic E-state index is 13.0. The van der Waals surface area contributed by atoms with E-state index in [2.05, 4.69) is 10.2 Å². The van der Waals surface area contributed by atoms with Crippen molar-refractivity contribution in [1.29, 1.82) is 0 Å². The molecule has 0 radical (unpaired) electrons. The van der Waals surface area contributed by atoms with E-state index in [1.807, 2.05) is 12.1 Å². The Morgan fingerprint density at radius 1 is 1.12 bits per heavy atom. The summed E-state index contributed by atoms with van der Waals surface area (Å²) in [6.45, 7) is 2.47. The Morgan fingerprint density at radius 2 is 1.85 bits per heavy atom. The van der Waals surface area contributed by atoms with Gasteiger partial charge in [-0.15, -0.1) is 10.2 Å². The molecule has 172 valence electrons. The number of aryl methyl sites for hydroxylation is 1. The van der Waals surface area contributed by atoms with Crippen LogP contribution in [0.3, 0.4) is 0 Å². The van der Waals surface area contributed by atoms with E-state index in [-0.39, 0.29) is 12.5 Å². The number of benzene rings is 2. The van der Waals surface area contributed by atoms with Gasteiger partial charge in [-0.25, -0.2) is 8.42 Å². The standard InChI is InChI=1S/C23H23ClN4O3S2/c1-15-6-4-5-7-20(15)33(30,31)28-12-10-16(11-13-28)21-25-26-22(32-21)17-8-9-18(19(24)14-17)23(29)27(2)3/h4-10,14H,11-13H2,1-3H3. The number of hydrogen-bond donors (Lipinski definition) is 0. The molecular weight excluding hydrogens is 480 g/mol. The lowest BCUT2D eigenvalue weighted by Gasteiger charge is -2.25. The average molecular weight is 503 g/mol. The maximum Gasteiger partial charge on any atom is 0.254 e. The van der Waals surface area contributed by atoms with Crippen LogP contribution in [-0.2, 0) is 10.0 Å². The molecule has 0 fully saturated rings. The highest BCUT2D eigenvalue weighted by atomic mass is 35.5. The van der Waals surface area contributed by atoms with Gasteiger partial charge in [0.25, 0.3) is 5.91 Å². The number of nitrogens with zero attached hydrogens (tertiary/aromatic N) is 4. The lowest BCUT2D eigenvalue weighted by atomic mass is 10.1. The van der Waals surface area contributed by atoms with Crippen molar-refractivity contribution in [2.24, 2.45) is 0 Å². The molecule has 3 aromatic rings. The second kappa shape index (κ2) is 9.34. The summed E-state index contributed by atoms with van der Waals surface area (Å²) >= 11 is 7.75. The summed E-state index contributed by atoms with van der Waals surface area (Å²) in [6.07, 6.45) is 2.45. The predicted octanol–water partition coefficient (Wildman–Crippen LogP) is 4.35.